The van der Waals surface area contributed by atoms with Gasteiger partial charge in [0.2, 0.25) is 0 Å². The molecule has 0 saturated heterocycles. The fraction of sp³-hybridized carbons (Fsp3) is 0.154. The Balaban J connectivity index is 2.14. The van der Waals surface area contributed by atoms with Gasteiger partial charge in [-0.2, -0.15) is 0 Å². The van der Waals surface area contributed by atoms with Crippen LogP contribution in [0.25, 0.3) is 0 Å². The molecule has 17 heavy (non-hydrogen) atoms. The lowest BCUT2D eigenvalue weighted by Gasteiger charge is -2.11. The fourth-order valence-corrected chi connectivity index (χ4v) is 2.26. The van der Waals surface area contributed by atoms with Crippen LogP contribution < -0.4 is 0 Å². The molecule has 1 aromatic heterocycles. The van der Waals surface area contributed by atoms with Crippen molar-refractivity contribution in [3.8, 4) is 0 Å². The zero-order valence-electron chi connectivity index (χ0n) is 8.98. The van der Waals surface area contributed by atoms with Gasteiger partial charge in [0.05, 0.1) is 6.10 Å². The summed E-state index contributed by atoms with van der Waals surface area (Å²) in [4.78, 5) is 3.89. The van der Waals surface area contributed by atoms with Gasteiger partial charge in [0, 0.05) is 17.1 Å². The third-order valence-electron chi connectivity index (χ3n) is 2.45. The second kappa shape index (κ2) is 5.63. The first-order chi connectivity index (χ1) is 8.15. The van der Waals surface area contributed by atoms with Crippen molar-refractivity contribution >= 4 is 27.5 Å². The van der Waals surface area contributed by atoms with E-state index in [1.165, 1.54) is 0 Å². The molecular formula is C13H11BrClNO. The van der Waals surface area contributed by atoms with Crippen molar-refractivity contribution in [2.24, 2.45) is 0 Å². The summed E-state index contributed by atoms with van der Waals surface area (Å²) in [7, 11) is 0. The lowest BCUT2D eigenvalue weighted by atomic mass is 10.0. The van der Waals surface area contributed by atoms with E-state index in [0.717, 1.165) is 15.6 Å². The molecule has 0 spiro atoms. The fourth-order valence-electron chi connectivity index (χ4n) is 1.63. The standard InChI is InChI=1S/C13H11BrClNO/c14-11-3-1-2-9(6-11)7-12(17)10-4-5-16-13(15)8-10/h1-6,8,12,17H,7H2. The van der Waals surface area contributed by atoms with Crippen molar-refractivity contribution in [2.75, 3.05) is 0 Å². The molecule has 88 valence electrons. The van der Waals surface area contributed by atoms with Crippen molar-refractivity contribution in [3.63, 3.8) is 0 Å². The Hall–Kier alpha value is -0.900. The molecule has 0 amide bonds. The van der Waals surface area contributed by atoms with Gasteiger partial charge < -0.3 is 5.11 Å². The molecule has 0 fully saturated rings. The molecule has 1 atom stereocenters. The molecule has 0 saturated carbocycles. The van der Waals surface area contributed by atoms with Crippen molar-refractivity contribution in [1.82, 2.24) is 4.98 Å². The summed E-state index contributed by atoms with van der Waals surface area (Å²) in [5, 5.41) is 10.5. The Labute approximate surface area is 113 Å². The Bertz CT molecular complexity index is 518. The van der Waals surface area contributed by atoms with E-state index in [2.05, 4.69) is 20.9 Å². The first kappa shape index (κ1) is 12.6. The minimum atomic E-state index is -0.565. The lowest BCUT2D eigenvalue weighted by molar-refractivity contribution is 0.178. The highest BCUT2D eigenvalue weighted by Crippen LogP contribution is 2.21. The quantitative estimate of drug-likeness (QED) is 0.875. The summed E-state index contributed by atoms with van der Waals surface area (Å²) >= 11 is 9.19. The van der Waals surface area contributed by atoms with Crippen LogP contribution in [0.15, 0.2) is 47.1 Å². The van der Waals surface area contributed by atoms with Gasteiger partial charge in [-0.1, -0.05) is 39.7 Å². The van der Waals surface area contributed by atoms with Crippen LogP contribution in [0.4, 0.5) is 0 Å². The van der Waals surface area contributed by atoms with Crippen LogP contribution >= 0.6 is 27.5 Å². The van der Waals surface area contributed by atoms with Gasteiger partial charge in [0.25, 0.3) is 0 Å². The highest BCUT2D eigenvalue weighted by atomic mass is 79.9. The number of hydrogen-bond acceptors (Lipinski definition) is 2. The highest BCUT2D eigenvalue weighted by Gasteiger charge is 2.09. The van der Waals surface area contributed by atoms with E-state index in [-0.39, 0.29) is 0 Å². The predicted molar refractivity (Wildman–Crippen MR) is 72.1 cm³/mol. The smallest absolute Gasteiger partial charge is 0.129 e. The van der Waals surface area contributed by atoms with Gasteiger partial charge in [0.1, 0.15) is 5.15 Å². The molecule has 2 aromatic rings. The molecule has 2 nitrogen and oxygen atoms in total. The minimum Gasteiger partial charge on any atom is -0.388 e. The van der Waals surface area contributed by atoms with E-state index in [9.17, 15) is 5.11 Å². The SMILES string of the molecule is OC(Cc1cccc(Br)c1)c1ccnc(Cl)c1. The molecule has 0 aliphatic carbocycles. The van der Waals surface area contributed by atoms with Crippen molar-refractivity contribution in [2.45, 2.75) is 12.5 Å². The number of aliphatic hydroxyl groups is 1. The van der Waals surface area contributed by atoms with Gasteiger partial charge in [0.15, 0.2) is 0 Å². The number of aliphatic hydroxyl groups excluding tert-OH is 1. The van der Waals surface area contributed by atoms with Crippen LogP contribution in [0.1, 0.15) is 17.2 Å². The Morgan fingerprint density at radius 2 is 2.12 bits per heavy atom. The van der Waals surface area contributed by atoms with Crippen LogP contribution in [0.2, 0.25) is 5.15 Å². The maximum atomic E-state index is 10.1. The third-order valence-corrected chi connectivity index (χ3v) is 3.15. The molecule has 0 radical (unpaired) electrons. The predicted octanol–water partition coefficient (Wildman–Crippen LogP) is 3.77. The normalized spacial score (nSPS) is 12.4. The van der Waals surface area contributed by atoms with Crippen LogP contribution in [-0.4, -0.2) is 10.1 Å². The Kier molecular flexibility index (Phi) is 4.15. The number of benzene rings is 1. The van der Waals surface area contributed by atoms with Crippen molar-refractivity contribution < 1.29 is 5.11 Å². The van der Waals surface area contributed by atoms with Crippen LogP contribution in [0.5, 0.6) is 0 Å². The zero-order chi connectivity index (χ0) is 12.3. The van der Waals surface area contributed by atoms with Crippen molar-refractivity contribution in [3.05, 3.63) is 63.3 Å². The summed E-state index contributed by atoms with van der Waals surface area (Å²) < 4.78 is 1.01. The summed E-state index contributed by atoms with van der Waals surface area (Å²) in [6.07, 6.45) is 1.59. The van der Waals surface area contributed by atoms with E-state index in [4.69, 9.17) is 11.6 Å². The molecular weight excluding hydrogens is 302 g/mol. The van der Waals surface area contributed by atoms with E-state index in [1.807, 2.05) is 24.3 Å². The number of pyridine rings is 1. The van der Waals surface area contributed by atoms with Crippen LogP contribution in [0.3, 0.4) is 0 Å². The molecule has 1 unspecified atom stereocenters. The molecule has 1 heterocycles. The Morgan fingerprint density at radius 3 is 2.82 bits per heavy atom. The zero-order valence-corrected chi connectivity index (χ0v) is 11.3. The first-order valence-electron chi connectivity index (χ1n) is 5.19. The second-order valence-corrected chi connectivity index (χ2v) is 5.06. The third kappa shape index (κ3) is 3.53. The van der Waals surface area contributed by atoms with Crippen molar-refractivity contribution in [1.29, 1.82) is 0 Å². The number of nitrogens with zero attached hydrogens (tertiary/aromatic N) is 1. The molecule has 0 aliphatic heterocycles. The monoisotopic (exact) mass is 311 g/mol. The maximum Gasteiger partial charge on any atom is 0.129 e. The second-order valence-electron chi connectivity index (χ2n) is 3.76. The minimum absolute atomic E-state index is 0.399. The Morgan fingerprint density at radius 1 is 1.29 bits per heavy atom. The highest BCUT2D eigenvalue weighted by molar-refractivity contribution is 9.10. The molecule has 4 heteroatoms. The largest absolute Gasteiger partial charge is 0.388 e. The average molecular weight is 313 g/mol. The molecule has 2 rings (SSSR count). The summed E-state index contributed by atoms with van der Waals surface area (Å²) in [5.41, 5.74) is 1.85. The van der Waals surface area contributed by atoms with Gasteiger partial charge in [-0.3, -0.25) is 0 Å². The summed E-state index contributed by atoms with van der Waals surface area (Å²) in [5.74, 6) is 0. The van der Waals surface area contributed by atoms with Gasteiger partial charge in [-0.05, 0) is 35.4 Å². The number of aromatic nitrogens is 1. The van der Waals surface area contributed by atoms with E-state index in [1.54, 1.807) is 18.3 Å². The first-order valence-corrected chi connectivity index (χ1v) is 6.36. The van der Waals surface area contributed by atoms with Gasteiger partial charge >= 0.3 is 0 Å². The number of halogens is 2. The number of hydrogen-bond donors (Lipinski definition) is 1. The van der Waals surface area contributed by atoms with Gasteiger partial charge in [-0.15, -0.1) is 0 Å². The molecule has 0 aliphatic rings. The van der Waals surface area contributed by atoms with Crippen LogP contribution in [-0.2, 0) is 6.42 Å². The van der Waals surface area contributed by atoms with Gasteiger partial charge in [-0.25, -0.2) is 4.98 Å². The van der Waals surface area contributed by atoms with Crippen LogP contribution in [0, 0.1) is 0 Å². The molecule has 0 bridgehead atoms. The maximum absolute atomic E-state index is 10.1. The topological polar surface area (TPSA) is 33.1 Å². The summed E-state index contributed by atoms with van der Waals surface area (Å²) in [6, 6.07) is 11.3. The summed E-state index contributed by atoms with van der Waals surface area (Å²) in [6.45, 7) is 0. The van der Waals surface area contributed by atoms with E-state index >= 15 is 0 Å². The molecule has 1 aromatic carbocycles. The number of rotatable bonds is 3. The lowest BCUT2D eigenvalue weighted by Crippen LogP contribution is -2.02. The van der Waals surface area contributed by atoms with E-state index in [0.29, 0.717) is 11.6 Å². The molecule has 1 N–H and O–H groups in total. The average Bonchev–Trinajstić information content (AvgIpc) is 2.29. The van der Waals surface area contributed by atoms with E-state index < -0.39 is 6.10 Å².